The Morgan fingerprint density at radius 1 is 0.579 bits per heavy atom. The molecule has 4 heteroatoms. The second-order valence-electron chi connectivity index (χ2n) is 10.9. The van der Waals surface area contributed by atoms with Crippen LogP contribution in [-0.2, 0) is 12.8 Å². The summed E-state index contributed by atoms with van der Waals surface area (Å²) in [5.74, 6) is 0. The van der Waals surface area contributed by atoms with Gasteiger partial charge in [-0.3, -0.25) is 9.97 Å². The number of unbranched alkanes of at least 4 members (excludes halogenated alkanes) is 2. The van der Waals surface area contributed by atoms with E-state index in [9.17, 15) is 0 Å². The van der Waals surface area contributed by atoms with Crippen molar-refractivity contribution in [2.24, 2.45) is 0 Å². The van der Waals surface area contributed by atoms with Gasteiger partial charge in [0, 0.05) is 69.5 Å². The van der Waals surface area contributed by atoms with E-state index < -0.39 is 0 Å². The second kappa shape index (κ2) is 8.16. The van der Waals surface area contributed by atoms with E-state index in [2.05, 4.69) is 81.4 Å². The van der Waals surface area contributed by atoms with Gasteiger partial charge in [0.15, 0.2) is 0 Å². The molecule has 6 heterocycles. The molecular formula is C34H30N4. The largest absolute Gasteiger partial charge is 0.315 e. The zero-order chi connectivity index (χ0) is 25.4. The Labute approximate surface area is 221 Å². The number of fused-ring (bicyclic) bond motifs is 6. The fraction of sp³-hybridized carbons (Fsp3) is 0.235. The molecule has 8 rings (SSSR count). The SMILES string of the molecule is CCCCc1cn2c3ccncc3c3cc(-c4cc5c(CCCC)cn6c7ccncc7c(c4)c56)cc1c32. The van der Waals surface area contributed by atoms with Crippen molar-refractivity contribution in [3.8, 4) is 11.1 Å². The van der Waals surface area contributed by atoms with E-state index in [0.29, 0.717) is 0 Å². The van der Waals surface area contributed by atoms with Gasteiger partial charge in [-0.2, -0.15) is 0 Å². The molecule has 38 heavy (non-hydrogen) atoms. The van der Waals surface area contributed by atoms with E-state index in [4.69, 9.17) is 0 Å². The molecule has 0 saturated heterocycles. The number of hydrogen-bond donors (Lipinski definition) is 0. The van der Waals surface area contributed by atoms with Gasteiger partial charge in [0.2, 0.25) is 0 Å². The van der Waals surface area contributed by atoms with Gasteiger partial charge in [0.1, 0.15) is 0 Å². The summed E-state index contributed by atoms with van der Waals surface area (Å²) in [4.78, 5) is 8.98. The van der Waals surface area contributed by atoms with Gasteiger partial charge in [-0.15, -0.1) is 0 Å². The first-order valence-electron chi connectivity index (χ1n) is 14.0. The standard InChI is InChI=1S/C34H30N4/c1-3-5-7-21-19-37-31-9-11-35-17-29(31)27-15-23(13-25(21)33(27)37)24-14-26-22(8-6-4-2)20-38-32-10-12-36-18-30(32)28(16-24)34(26)38/h9-20H,3-8H2,1-2H3. The predicted octanol–water partition coefficient (Wildman–Crippen LogP) is 8.82. The van der Waals surface area contributed by atoms with Crippen LogP contribution in [0.2, 0.25) is 0 Å². The summed E-state index contributed by atoms with van der Waals surface area (Å²) in [5.41, 5.74) is 10.6. The average Bonchev–Trinajstić information content (AvgIpc) is 3.69. The molecule has 0 amide bonds. The summed E-state index contributed by atoms with van der Waals surface area (Å²) in [5, 5.41) is 7.81. The Morgan fingerprint density at radius 2 is 1.03 bits per heavy atom. The molecule has 0 unspecified atom stereocenters. The summed E-state index contributed by atoms with van der Waals surface area (Å²) in [6.45, 7) is 4.55. The lowest BCUT2D eigenvalue weighted by Gasteiger charge is -2.08. The number of pyridine rings is 2. The molecule has 4 nitrogen and oxygen atoms in total. The van der Waals surface area contributed by atoms with Crippen LogP contribution < -0.4 is 0 Å². The molecule has 6 aromatic heterocycles. The fourth-order valence-electron chi connectivity index (χ4n) is 6.72. The summed E-state index contributed by atoms with van der Waals surface area (Å²) in [7, 11) is 0. The maximum absolute atomic E-state index is 4.49. The van der Waals surface area contributed by atoms with E-state index in [1.807, 2.05) is 24.8 Å². The zero-order valence-electron chi connectivity index (χ0n) is 22.0. The molecule has 0 saturated carbocycles. The fourth-order valence-corrected chi connectivity index (χ4v) is 6.72. The summed E-state index contributed by atoms with van der Waals surface area (Å²) in [6, 6.07) is 14.0. The molecule has 0 atom stereocenters. The summed E-state index contributed by atoms with van der Waals surface area (Å²) >= 11 is 0. The maximum Gasteiger partial charge on any atom is 0.0611 e. The molecule has 0 aliphatic heterocycles. The van der Waals surface area contributed by atoms with Gasteiger partial charge < -0.3 is 8.80 Å². The monoisotopic (exact) mass is 494 g/mol. The van der Waals surface area contributed by atoms with Crippen molar-refractivity contribution in [3.05, 3.63) is 84.7 Å². The number of nitrogens with zero attached hydrogens (tertiary/aromatic N) is 4. The van der Waals surface area contributed by atoms with Crippen LogP contribution in [0.3, 0.4) is 0 Å². The van der Waals surface area contributed by atoms with Crippen molar-refractivity contribution < 1.29 is 0 Å². The van der Waals surface area contributed by atoms with Crippen molar-refractivity contribution in [1.29, 1.82) is 0 Å². The van der Waals surface area contributed by atoms with Crippen molar-refractivity contribution in [3.63, 3.8) is 0 Å². The van der Waals surface area contributed by atoms with Gasteiger partial charge in [-0.1, -0.05) is 26.7 Å². The first-order chi connectivity index (χ1) is 18.8. The van der Waals surface area contributed by atoms with Crippen molar-refractivity contribution in [2.45, 2.75) is 52.4 Å². The van der Waals surface area contributed by atoms with Crippen LogP contribution >= 0.6 is 0 Å². The molecule has 186 valence electrons. The van der Waals surface area contributed by atoms with E-state index in [1.54, 1.807) is 0 Å². The van der Waals surface area contributed by atoms with Gasteiger partial charge in [-0.05, 0) is 84.3 Å². The Bertz CT molecular complexity index is 1960. The van der Waals surface area contributed by atoms with E-state index >= 15 is 0 Å². The van der Waals surface area contributed by atoms with Crippen LogP contribution in [0.5, 0.6) is 0 Å². The maximum atomic E-state index is 4.49. The third-order valence-corrected chi connectivity index (χ3v) is 8.59. The summed E-state index contributed by atoms with van der Waals surface area (Å²) in [6.07, 6.45) is 19.6. The number of aromatic nitrogens is 4. The molecule has 8 aromatic rings. The first kappa shape index (κ1) is 21.9. The number of hydrogen-bond acceptors (Lipinski definition) is 2. The molecule has 0 radical (unpaired) electrons. The number of rotatable bonds is 7. The highest BCUT2D eigenvalue weighted by atomic mass is 14.9. The first-order valence-corrected chi connectivity index (χ1v) is 14.0. The van der Waals surface area contributed by atoms with E-state index in [-0.39, 0.29) is 0 Å². The molecular weight excluding hydrogens is 464 g/mol. The van der Waals surface area contributed by atoms with Crippen molar-refractivity contribution >= 4 is 54.4 Å². The molecule has 2 aromatic carbocycles. The number of aryl methyl sites for hydroxylation is 2. The highest BCUT2D eigenvalue weighted by Gasteiger charge is 2.20. The minimum Gasteiger partial charge on any atom is -0.315 e. The minimum atomic E-state index is 1.11. The highest BCUT2D eigenvalue weighted by molar-refractivity contribution is 6.19. The van der Waals surface area contributed by atoms with Crippen molar-refractivity contribution in [1.82, 2.24) is 18.8 Å². The van der Waals surface area contributed by atoms with Crippen LogP contribution in [0.4, 0.5) is 0 Å². The highest BCUT2D eigenvalue weighted by Crippen LogP contribution is 2.42. The van der Waals surface area contributed by atoms with Crippen LogP contribution in [0.1, 0.15) is 50.7 Å². The molecule has 0 N–H and O–H groups in total. The second-order valence-corrected chi connectivity index (χ2v) is 10.9. The van der Waals surface area contributed by atoms with Gasteiger partial charge in [0.25, 0.3) is 0 Å². The zero-order valence-corrected chi connectivity index (χ0v) is 22.0. The Balaban J connectivity index is 1.45. The number of benzene rings is 2. The Morgan fingerprint density at radius 3 is 1.47 bits per heavy atom. The molecule has 0 bridgehead atoms. The molecule has 0 spiro atoms. The Hall–Kier alpha value is -4.18. The third kappa shape index (κ3) is 2.92. The van der Waals surface area contributed by atoms with Crippen molar-refractivity contribution in [2.75, 3.05) is 0 Å². The summed E-state index contributed by atoms with van der Waals surface area (Å²) < 4.78 is 4.79. The van der Waals surface area contributed by atoms with Crippen LogP contribution in [-0.4, -0.2) is 18.8 Å². The van der Waals surface area contributed by atoms with Gasteiger partial charge in [-0.25, -0.2) is 0 Å². The molecule has 0 aliphatic carbocycles. The lowest BCUT2D eigenvalue weighted by molar-refractivity contribution is 0.798. The van der Waals surface area contributed by atoms with Crippen LogP contribution in [0, 0.1) is 0 Å². The normalized spacial score (nSPS) is 12.6. The van der Waals surface area contributed by atoms with Gasteiger partial charge in [0.05, 0.1) is 22.1 Å². The topological polar surface area (TPSA) is 34.6 Å². The van der Waals surface area contributed by atoms with Crippen LogP contribution in [0.25, 0.3) is 65.5 Å². The van der Waals surface area contributed by atoms with Gasteiger partial charge >= 0.3 is 0 Å². The predicted molar refractivity (Wildman–Crippen MR) is 159 cm³/mol. The lowest BCUT2D eigenvalue weighted by Crippen LogP contribution is -1.86. The average molecular weight is 495 g/mol. The lowest BCUT2D eigenvalue weighted by atomic mass is 9.95. The molecule has 0 fully saturated rings. The quantitative estimate of drug-likeness (QED) is 0.222. The third-order valence-electron chi connectivity index (χ3n) is 8.59. The van der Waals surface area contributed by atoms with E-state index in [0.717, 1.165) is 12.8 Å². The minimum absolute atomic E-state index is 1.11. The molecule has 0 aliphatic rings. The smallest absolute Gasteiger partial charge is 0.0611 e. The Kier molecular flexibility index (Phi) is 4.69. The van der Waals surface area contributed by atoms with E-state index in [1.165, 1.54) is 102 Å². The van der Waals surface area contributed by atoms with Crippen LogP contribution in [0.15, 0.2) is 73.6 Å².